The van der Waals surface area contributed by atoms with Gasteiger partial charge in [0, 0.05) is 32.0 Å². The third-order valence-electron chi connectivity index (χ3n) is 5.12. The molecule has 4 unspecified atom stereocenters. The molecule has 2 fully saturated rings. The van der Waals surface area contributed by atoms with Gasteiger partial charge in [-0.05, 0) is 25.2 Å². The SMILES string of the molecule is COC(C(=O)N1C(C(=O)O)CC2CCCCC21)c1cnn(C)c1. The van der Waals surface area contributed by atoms with Crippen LogP contribution in [-0.2, 0) is 21.4 Å². The third kappa shape index (κ3) is 2.85. The lowest BCUT2D eigenvalue weighted by Gasteiger charge is -2.34. The Morgan fingerprint density at radius 1 is 1.39 bits per heavy atom. The van der Waals surface area contributed by atoms with Gasteiger partial charge >= 0.3 is 5.97 Å². The smallest absolute Gasteiger partial charge is 0.326 e. The second-order valence-corrected chi connectivity index (χ2v) is 6.51. The molecule has 3 rings (SSSR count). The predicted molar refractivity (Wildman–Crippen MR) is 81.6 cm³/mol. The molecule has 7 nitrogen and oxygen atoms in total. The van der Waals surface area contributed by atoms with Crippen LogP contribution in [0, 0.1) is 5.92 Å². The number of aromatic nitrogens is 2. The number of rotatable bonds is 4. The number of ether oxygens (including phenoxy) is 1. The molecule has 0 bridgehead atoms. The molecule has 4 atom stereocenters. The van der Waals surface area contributed by atoms with E-state index >= 15 is 0 Å². The van der Waals surface area contributed by atoms with Crippen LogP contribution in [0.3, 0.4) is 0 Å². The molecule has 2 aliphatic rings. The van der Waals surface area contributed by atoms with Gasteiger partial charge in [-0.1, -0.05) is 12.8 Å². The normalized spacial score (nSPS) is 28.4. The molecule has 1 saturated carbocycles. The number of aliphatic carboxylic acids is 1. The summed E-state index contributed by atoms with van der Waals surface area (Å²) in [5.74, 6) is -0.892. The van der Waals surface area contributed by atoms with E-state index in [2.05, 4.69) is 5.10 Å². The highest BCUT2D eigenvalue weighted by Gasteiger charge is 2.49. The Morgan fingerprint density at radius 3 is 2.74 bits per heavy atom. The number of carboxylic acid groups (broad SMARTS) is 1. The monoisotopic (exact) mass is 321 g/mol. The molecule has 1 N–H and O–H groups in total. The number of hydrogen-bond acceptors (Lipinski definition) is 4. The van der Waals surface area contributed by atoms with Gasteiger partial charge in [0.05, 0.1) is 6.20 Å². The first-order valence-corrected chi connectivity index (χ1v) is 8.09. The minimum Gasteiger partial charge on any atom is -0.480 e. The molecule has 1 amide bonds. The molecule has 0 spiro atoms. The number of carboxylic acids is 1. The Labute approximate surface area is 135 Å². The highest BCUT2D eigenvalue weighted by Crippen LogP contribution is 2.41. The standard InChI is InChI=1S/C16H23N3O4/c1-18-9-11(8-17-18)14(23-2)15(20)19-12-6-4-3-5-10(12)7-13(19)16(21)22/h8-10,12-14H,3-7H2,1-2H3,(H,21,22). The van der Waals surface area contributed by atoms with E-state index in [9.17, 15) is 14.7 Å². The zero-order valence-corrected chi connectivity index (χ0v) is 13.5. The fourth-order valence-electron chi connectivity index (χ4n) is 4.09. The highest BCUT2D eigenvalue weighted by atomic mass is 16.5. The molecule has 7 heteroatoms. The van der Waals surface area contributed by atoms with Crippen LogP contribution in [-0.4, -0.2) is 50.9 Å². The molecule has 1 saturated heterocycles. The second kappa shape index (κ2) is 6.31. The molecule has 23 heavy (non-hydrogen) atoms. The van der Waals surface area contributed by atoms with Gasteiger partial charge in [0.2, 0.25) is 0 Å². The van der Waals surface area contributed by atoms with Crippen molar-refractivity contribution in [1.29, 1.82) is 0 Å². The maximum Gasteiger partial charge on any atom is 0.326 e. The lowest BCUT2D eigenvalue weighted by atomic mass is 9.84. The Kier molecular flexibility index (Phi) is 4.39. The Bertz CT molecular complexity index is 600. The minimum atomic E-state index is -0.922. The second-order valence-electron chi connectivity index (χ2n) is 6.51. The molecule has 1 aromatic heterocycles. The van der Waals surface area contributed by atoms with Gasteiger partial charge < -0.3 is 14.7 Å². The summed E-state index contributed by atoms with van der Waals surface area (Å²) >= 11 is 0. The molecular formula is C16H23N3O4. The van der Waals surface area contributed by atoms with E-state index in [0.717, 1.165) is 25.7 Å². The molecule has 0 radical (unpaired) electrons. The van der Waals surface area contributed by atoms with E-state index in [1.165, 1.54) is 7.11 Å². The van der Waals surface area contributed by atoms with Crippen molar-refractivity contribution in [2.24, 2.45) is 13.0 Å². The van der Waals surface area contributed by atoms with Gasteiger partial charge in [-0.2, -0.15) is 5.10 Å². The highest BCUT2D eigenvalue weighted by molar-refractivity contribution is 5.88. The summed E-state index contributed by atoms with van der Waals surface area (Å²) in [6.07, 6.45) is 7.12. The van der Waals surface area contributed by atoms with Crippen molar-refractivity contribution < 1.29 is 19.4 Å². The lowest BCUT2D eigenvalue weighted by molar-refractivity contribution is -0.155. The fourth-order valence-corrected chi connectivity index (χ4v) is 4.09. The summed E-state index contributed by atoms with van der Waals surface area (Å²) in [6, 6.07) is -0.725. The van der Waals surface area contributed by atoms with Gasteiger partial charge in [-0.25, -0.2) is 4.79 Å². The van der Waals surface area contributed by atoms with E-state index in [1.54, 1.807) is 29.0 Å². The van der Waals surface area contributed by atoms with Gasteiger partial charge in [0.25, 0.3) is 5.91 Å². The van der Waals surface area contributed by atoms with E-state index in [0.29, 0.717) is 17.9 Å². The number of amides is 1. The summed E-state index contributed by atoms with van der Waals surface area (Å²) in [4.78, 5) is 26.3. The van der Waals surface area contributed by atoms with Gasteiger partial charge in [0.1, 0.15) is 6.04 Å². The first-order chi connectivity index (χ1) is 11.0. The van der Waals surface area contributed by atoms with Crippen molar-refractivity contribution in [2.45, 2.75) is 50.3 Å². The van der Waals surface area contributed by atoms with E-state index in [4.69, 9.17) is 4.74 Å². The van der Waals surface area contributed by atoms with Crippen molar-refractivity contribution in [3.05, 3.63) is 18.0 Å². The Hall–Kier alpha value is -1.89. The molecule has 126 valence electrons. The third-order valence-corrected chi connectivity index (χ3v) is 5.12. The number of methoxy groups -OCH3 is 1. The fraction of sp³-hybridized carbons (Fsp3) is 0.688. The van der Waals surface area contributed by atoms with E-state index < -0.39 is 18.1 Å². The van der Waals surface area contributed by atoms with Gasteiger partial charge in [0.15, 0.2) is 6.10 Å². The topological polar surface area (TPSA) is 84.7 Å². The van der Waals surface area contributed by atoms with Crippen LogP contribution < -0.4 is 0 Å². The summed E-state index contributed by atoms with van der Waals surface area (Å²) < 4.78 is 7.00. The molecule has 1 aliphatic carbocycles. The summed E-state index contributed by atoms with van der Waals surface area (Å²) in [6.45, 7) is 0. The summed E-state index contributed by atoms with van der Waals surface area (Å²) in [5.41, 5.74) is 0.656. The van der Waals surface area contributed by atoms with Crippen LogP contribution >= 0.6 is 0 Å². The van der Waals surface area contributed by atoms with Crippen molar-refractivity contribution in [1.82, 2.24) is 14.7 Å². The van der Waals surface area contributed by atoms with Crippen molar-refractivity contribution in [3.63, 3.8) is 0 Å². The number of aryl methyl sites for hydroxylation is 1. The molecule has 1 aromatic rings. The summed E-state index contributed by atoms with van der Waals surface area (Å²) in [7, 11) is 3.24. The first-order valence-electron chi connectivity index (χ1n) is 8.09. The van der Waals surface area contributed by atoms with E-state index in [-0.39, 0.29) is 11.9 Å². The van der Waals surface area contributed by atoms with Crippen LogP contribution in [0.1, 0.15) is 43.8 Å². The Morgan fingerprint density at radius 2 is 2.13 bits per heavy atom. The number of carbonyl (C=O) groups excluding carboxylic acids is 1. The van der Waals surface area contributed by atoms with Crippen LogP contribution in [0.2, 0.25) is 0 Å². The first kappa shape index (κ1) is 16.0. The van der Waals surface area contributed by atoms with E-state index in [1.807, 2.05) is 0 Å². The molecule has 2 heterocycles. The van der Waals surface area contributed by atoms with Crippen LogP contribution in [0.4, 0.5) is 0 Å². The maximum absolute atomic E-state index is 13.1. The number of hydrogen-bond donors (Lipinski definition) is 1. The predicted octanol–water partition coefficient (Wildman–Crippen LogP) is 1.35. The van der Waals surface area contributed by atoms with Gasteiger partial charge in [-0.15, -0.1) is 0 Å². The zero-order chi connectivity index (χ0) is 16.6. The zero-order valence-electron chi connectivity index (χ0n) is 13.5. The lowest BCUT2D eigenvalue weighted by Crippen LogP contribution is -2.48. The quantitative estimate of drug-likeness (QED) is 0.905. The molecule has 1 aliphatic heterocycles. The van der Waals surface area contributed by atoms with Crippen LogP contribution in [0.15, 0.2) is 12.4 Å². The number of carbonyl (C=O) groups is 2. The minimum absolute atomic E-state index is 0.0201. The average Bonchev–Trinajstić information content (AvgIpc) is 3.11. The van der Waals surface area contributed by atoms with Crippen molar-refractivity contribution in [2.75, 3.05) is 7.11 Å². The Balaban J connectivity index is 1.89. The number of fused-ring (bicyclic) bond motifs is 1. The summed E-state index contributed by atoms with van der Waals surface area (Å²) in [5, 5.41) is 13.6. The van der Waals surface area contributed by atoms with Crippen molar-refractivity contribution in [3.8, 4) is 0 Å². The van der Waals surface area contributed by atoms with Crippen molar-refractivity contribution >= 4 is 11.9 Å². The van der Waals surface area contributed by atoms with Crippen LogP contribution in [0.25, 0.3) is 0 Å². The maximum atomic E-state index is 13.1. The van der Waals surface area contributed by atoms with Crippen LogP contribution in [0.5, 0.6) is 0 Å². The average molecular weight is 321 g/mol. The molecule has 0 aromatic carbocycles. The number of likely N-dealkylation sites (tertiary alicyclic amines) is 1. The largest absolute Gasteiger partial charge is 0.480 e. The van der Waals surface area contributed by atoms with Gasteiger partial charge in [-0.3, -0.25) is 9.48 Å². The number of nitrogens with zero attached hydrogens (tertiary/aromatic N) is 3. The molecular weight excluding hydrogens is 298 g/mol.